The van der Waals surface area contributed by atoms with Crippen LogP contribution >= 0.6 is 22.9 Å². The molecule has 1 fully saturated rings. The molecule has 2 atom stereocenters. The highest BCUT2D eigenvalue weighted by Crippen LogP contribution is 2.22. The van der Waals surface area contributed by atoms with Crippen LogP contribution in [-0.4, -0.2) is 30.6 Å². The molecule has 0 saturated carbocycles. The summed E-state index contributed by atoms with van der Waals surface area (Å²) in [6.07, 6.45) is 1.25. The zero-order valence-corrected chi connectivity index (χ0v) is 10.7. The number of likely N-dealkylation sites (N-methyl/N-ethyl adjacent to an activating group) is 1. The lowest BCUT2D eigenvalue weighted by Gasteiger charge is -2.12. The molecule has 2 rings (SSSR count). The van der Waals surface area contributed by atoms with E-state index >= 15 is 0 Å². The second-order valence-corrected chi connectivity index (χ2v) is 6.11. The Bertz CT molecular complexity index is 316. The summed E-state index contributed by atoms with van der Waals surface area (Å²) in [5.74, 6) is 0. The average Bonchev–Trinajstić information content (AvgIpc) is 2.72. The molecular weight excluding hydrogens is 228 g/mol. The molecule has 0 amide bonds. The zero-order chi connectivity index (χ0) is 10.8. The third kappa shape index (κ3) is 2.94. The quantitative estimate of drug-likeness (QED) is 0.879. The van der Waals surface area contributed by atoms with Crippen LogP contribution in [0.15, 0.2) is 12.1 Å². The molecule has 2 unspecified atom stereocenters. The zero-order valence-electron chi connectivity index (χ0n) is 9.16. The van der Waals surface area contributed by atoms with E-state index in [0.717, 1.165) is 17.4 Å². The van der Waals surface area contributed by atoms with Gasteiger partial charge in [0.25, 0.3) is 0 Å². The van der Waals surface area contributed by atoms with E-state index in [-0.39, 0.29) is 0 Å². The number of rotatable bonds is 3. The van der Waals surface area contributed by atoms with Crippen LogP contribution < -0.4 is 5.32 Å². The minimum atomic E-state index is 0.630. The molecule has 15 heavy (non-hydrogen) atoms. The highest BCUT2D eigenvalue weighted by atomic mass is 35.5. The van der Waals surface area contributed by atoms with Gasteiger partial charge in [0.15, 0.2) is 0 Å². The average molecular weight is 245 g/mol. The number of hydrogen-bond acceptors (Lipinski definition) is 3. The Morgan fingerprint density at radius 3 is 2.93 bits per heavy atom. The van der Waals surface area contributed by atoms with Gasteiger partial charge in [0.05, 0.1) is 4.34 Å². The SMILES string of the molecule is CC1CC(NCc2ccc(Cl)s2)CN1C. The molecule has 2 heterocycles. The van der Waals surface area contributed by atoms with Crippen molar-refractivity contribution in [3.63, 3.8) is 0 Å². The first-order valence-corrected chi connectivity index (χ1v) is 6.52. The Morgan fingerprint density at radius 2 is 2.40 bits per heavy atom. The van der Waals surface area contributed by atoms with Crippen LogP contribution in [0.5, 0.6) is 0 Å². The minimum absolute atomic E-state index is 0.630. The van der Waals surface area contributed by atoms with E-state index < -0.39 is 0 Å². The van der Waals surface area contributed by atoms with Crippen molar-refractivity contribution in [3.8, 4) is 0 Å². The lowest BCUT2D eigenvalue weighted by molar-refractivity contribution is 0.326. The second kappa shape index (κ2) is 4.83. The van der Waals surface area contributed by atoms with Gasteiger partial charge >= 0.3 is 0 Å². The molecule has 0 spiro atoms. The van der Waals surface area contributed by atoms with Crippen LogP contribution in [0.4, 0.5) is 0 Å². The maximum Gasteiger partial charge on any atom is 0.0931 e. The van der Waals surface area contributed by atoms with Crippen LogP contribution in [0.2, 0.25) is 4.34 Å². The summed E-state index contributed by atoms with van der Waals surface area (Å²) in [6.45, 7) is 4.38. The first-order valence-electron chi connectivity index (χ1n) is 5.33. The summed E-state index contributed by atoms with van der Waals surface area (Å²) < 4.78 is 0.878. The molecule has 0 bridgehead atoms. The largest absolute Gasteiger partial charge is 0.308 e. The fourth-order valence-electron chi connectivity index (χ4n) is 2.03. The minimum Gasteiger partial charge on any atom is -0.308 e. The van der Waals surface area contributed by atoms with E-state index in [9.17, 15) is 0 Å². The van der Waals surface area contributed by atoms with Gasteiger partial charge in [-0.05, 0) is 32.5 Å². The highest BCUT2D eigenvalue weighted by molar-refractivity contribution is 7.16. The van der Waals surface area contributed by atoms with Crippen molar-refractivity contribution in [1.82, 2.24) is 10.2 Å². The van der Waals surface area contributed by atoms with E-state index in [4.69, 9.17) is 11.6 Å². The van der Waals surface area contributed by atoms with Crippen LogP contribution in [0.3, 0.4) is 0 Å². The molecule has 2 nitrogen and oxygen atoms in total. The Balaban J connectivity index is 1.79. The molecule has 1 aromatic heterocycles. The first-order chi connectivity index (χ1) is 7.15. The maximum atomic E-state index is 5.88. The lowest BCUT2D eigenvalue weighted by Crippen LogP contribution is -2.30. The lowest BCUT2D eigenvalue weighted by atomic mass is 10.2. The monoisotopic (exact) mass is 244 g/mol. The van der Waals surface area contributed by atoms with Gasteiger partial charge in [0, 0.05) is 30.1 Å². The predicted octanol–water partition coefficient (Wildman–Crippen LogP) is 2.58. The molecule has 0 radical (unpaired) electrons. The Kier molecular flexibility index (Phi) is 3.67. The molecule has 1 aliphatic heterocycles. The molecular formula is C11H17ClN2S. The van der Waals surface area contributed by atoms with E-state index in [1.54, 1.807) is 11.3 Å². The maximum absolute atomic E-state index is 5.88. The summed E-state index contributed by atoms with van der Waals surface area (Å²) in [4.78, 5) is 3.72. The molecule has 84 valence electrons. The van der Waals surface area contributed by atoms with Gasteiger partial charge in [-0.25, -0.2) is 0 Å². The van der Waals surface area contributed by atoms with E-state index in [0.29, 0.717) is 12.1 Å². The van der Waals surface area contributed by atoms with Crippen LogP contribution in [0, 0.1) is 0 Å². The van der Waals surface area contributed by atoms with Gasteiger partial charge in [0.2, 0.25) is 0 Å². The number of nitrogens with zero attached hydrogens (tertiary/aromatic N) is 1. The van der Waals surface area contributed by atoms with Gasteiger partial charge in [-0.1, -0.05) is 11.6 Å². The van der Waals surface area contributed by atoms with Gasteiger partial charge < -0.3 is 10.2 Å². The third-order valence-corrected chi connectivity index (χ3v) is 4.31. The number of thiophene rings is 1. The summed E-state index contributed by atoms with van der Waals surface area (Å²) in [7, 11) is 2.19. The number of nitrogens with one attached hydrogen (secondary N) is 1. The first kappa shape index (κ1) is 11.4. The van der Waals surface area contributed by atoms with Crippen molar-refractivity contribution in [2.45, 2.75) is 32.0 Å². The van der Waals surface area contributed by atoms with Crippen molar-refractivity contribution in [2.75, 3.05) is 13.6 Å². The topological polar surface area (TPSA) is 15.3 Å². The molecule has 0 aliphatic carbocycles. The fourth-order valence-corrected chi connectivity index (χ4v) is 3.07. The summed E-state index contributed by atoms with van der Waals surface area (Å²) >= 11 is 7.55. The summed E-state index contributed by atoms with van der Waals surface area (Å²) in [5.41, 5.74) is 0. The van der Waals surface area contributed by atoms with E-state index in [1.165, 1.54) is 11.3 Å². The second-order valence-electron chi connectivity index (χ2n) is 4.31. The number of hydrogen-bond donors (Lipinski definition) is 1. The van der Waals surface area contributed by atoms with Gasteiger partial charge in [-0.15, -0.1) is 11.3 Å². The Labute approximate surface area is 100 Å². The van der Waals surface area contributed by atoms with Gasteiger partial charge in [-0.3, -0.25) is 0 Å². The highest BCUT2D eigenvalue weighted by Gasteiger charge is 2.25. The van der Waals surface area contributed by atoms with Crippen molar-refractivity contribution < 1.29 is 0 Å². The standard InChI is InChI=1S/C11H17ClN2S/c1-8-5-9(7-14(8)2)13-6-10-3-4-11(12)15-10/h3-4,8-9,13H,5-7H2,1-2H3. The normalized spacial score (nSPS) is 27.4. The van der Waals surface area contributed by atoms with Crippen LogP contribution in [0.25, 0.3) is 0 Å². The smallest absolute Gasteiger partial charge is 0.0931 e. The van der Waals surface area contributed by atoms with Crippen molar-refractivity contribution in [1.29, 1.82) is 0 Å². The van der Waals surface area contributed by atoms with Gasteiger partial charge in [-0.2, -0.15) is 0 Å². The molecule has 0 aromatic carbocycles. The summed E-state index contributed by atoms with van der Waals surface area (Å²) in [6, 6.07) is 5.40. The Hall–Kier alpha value is -0.0900. The molecule has 1 aromatic rings. The molecule has 1 saturated heterocycles. The van der Waals surface area contributed by atoms with Gasteiger partial charge in [0.1, 0.15) is 0 Å². The van der Waals surface area contributed by atoms with Crippen LogP contribution in [0.1, 0.15) is 18.2 Å². The molecule has 1 N–H and O–H groups in total. The van der Waals surface area contributed by atoms with Crippen molar-refractivity contribution in [2.24, 2.45) is 0 Å². The van der Waals surface area contributed by atoms with E-state index in [2.05, 4.69) is 30.3 Å². The van der Waals surface area contributed by atoms with Crippen molar-refractivity contribution >= 4 is 22.9 Å². The summed E-state index contributed by atoms with van der Waals surface area (Å²) in [5, 5.41) is 3.58. The number of likely N-dealkylation sites (tertiary alicyclic amines) is 1. The molecule has 1 aliphatic rings. The predicted molar refractivity (Wildman–Crippen MR) is 66.7 cm³/mol. The van der Waals surface area contributed by atoms with E-state index in [1.807, 2.05) is 6.07 Å². The molecule has 4 heteroatoms. The number of halogens is 1. The van der Waals surface area contributed by atoms with Crippen LogP contribution in [-0.2, 0) is 6.54 Å². The third-order valence-electron chi connectivity index (χ3n) is 3.08. The van der Waals surface area contributed by atoms with Crippen molar-refractivity contribution in [3.05, 3.63) is 21.3 Å². The Morgan fingerprint density at radius 1 is 1.60 bits per heavy atom. The fraction of sp³-hybridized carbons (Fsp3) is 0.636.